The first-order chi connectivity index (χ1) is 9.31. The van der Waals surface area contributed by atoms with Crippen molar-refractivity contribution in [1.29, 1.82) is 0 Å². The van der Waals surface area contributed by atoms with Gasteiger partial charge in [-0.15, -0.1) is 11.6 Å². The lowest BCUT2D eigenvalue weighted by Gasteiger charge is -2.12. The van der Waals surface area contributed by atoms with E-state index >= 15 is 0 Å². The number of halogens is 1. The lowest BCUT2D eigenvalue weighted by molar-refractivity contribution is 0.0474. The van der Waals surface area contributed by atoms with Crippen LogP contribution in [0.25, 0.3) is 21.8 Å². The Morgan fingerprint density at radius 3 is 2.05 bits per heavy atom. The Kier molecular flexibility index (Phi) is 3.32. The number of aliphatic hydroxyl groups is 1. The fraction of sp³-hybridized carbons (Fsp3) is 0.200. The topological polar surface area (TPSA) is 34.4 Å². The molecule has 1 N–H and O–H groups in total. The summed E-state index contributed by atoms with van der Waals surface area (Å²) in [5.74, 6) is 0.164. The van der Waals surface area contributed by atoms with Gasteiger partial charge in [0.2, 0.25) is 0 Å². The average molecular weight is 276 g/mol. The summed E-state index contributed by atoms with van der Waals surface area (Å²) in [6.07, 6.45) is -0.665. The molecule has 2 aromatic carbocycles. The molecule has 3 nitrogen and oxygen atoms in total. The zero-order chi connectivity index (χ0) is 13.2. The van der Waals surface area contributed by atoms with Crippen LogP contribution in [0.15, 0.2) is 48.5 Å². The van der Waals surface area contributed by atoms with Gasteiger partial charge in [0.25, 0.3) is 0 Å². The Morgan fingerprint density at radius 1 is 1.00 bits per heavy atom. The molecule has 0 amide bonds. The number of aliphatic hydroxyl groups excluding tert-OH is 1. The van der Waals surface area contributed by atoms with Crippen molar-refractivity contribution in [2.45, 2.75) is 6.10 Å². The third-order valence-electron chi connectivity index (χ3n) is 3.11. The van der Waals surface area contributed by atoms with Gasteiger partial charge in [-0.2, -0.15) is 4.73 Å². The van der Waals surface area contributed by atoms with Crippen LogP contribution in [0.2, 0.25) is 0 Å². The van der Waals surface area contributed by atoms with Gasteiger partial charge in [0.15, 0.2) is 0 Å². The minimum Gasteiger partial charge on any atom is -0.410 e. The molecule has 0 aliphatic heterocycles. The zero-order valence-electron chi connectivity index (χ0n) is 10.3. The first-order valence-electron chi connectivity index (χ1n) is 6.17. The number of nitrogens with zero attached hydrogens (tertiary/aromatic N) is 1. The predicted molar refractivity (Wildman–Crippen MR) is 77.6 cm³/mol. The highest BCUT2D eigenvalue weighted by atomic mass is 35.5. The second kappa shape index (κ2) is 5.11. The van der Waals surface area contributed by atoms with E-state index < -0.39 is 6.10 Å². The second-order valence-corrected chi connectivity index (χ2v) is 4.74. The van der Waals surface area contributed by atoms with Gasteiger partial charge in [-0.05, 0) is 12.1 Å². The molecule has 4 heteroatoms. The van der Waals surface area contributed by atoms with E-state index in [1.165, 1.54) is 0 Å². The quantitative estimate of drug-likeness (QED) is 0.743. The molecule has 1 unspecified atom stereocenters. The summed E-state index contributed by atoms with van der Waals surface area (Å²) in [4.78, 5) is 5.71. The summed E-state index contributed by atoms with van der Waals surface area (Å²) >= 11 is 5.59. The number of hydrogen-bond donors (Lipinski definition) is 1. The maximum absolute atomic E-state index is 9.53. The summed E-state index contributed by atoms with van der Waals surface area (Å²) in [5.41, 5.74) is 1.98. The lowest BCUT2D eigenvalue weighted by atomic mass is 10.2. The number of rotatable bonds is 4. The molecule has 0 aliphatic carbocycles. The second-order valence-electron chi connectivity index (χ2n) is 4.43. The van der Waals surface area contributed by atoms with Crippen molar-refractivity contribution in [2.75, 3.05) is 12.5 Å². The average Bonchev–Trinajstić information content (AvgIpc) is 2.79. The van der Waals surface area contributed by atoms with E-state index in [9.17, 15) is 5.11 Å². The van der Waals surface area contributed by atoms with Crippen molar-refractivity contribution in [3.63, 3.8) is 0 Å². The van der Waals surface area contributed by atoms with Gasteiger partial charge in [-0.1, -0.05) is 36.4 Å². The molecule has 1 atom stereocenters. The molecule has 0 saturated carbocycles. The summed E-state index contributed by atoms with van der Waals surface area (Å²) < 4.78 is 1.76. The van der Waals surface area contributed by atoms with Crippen molar-refractivity contribution in [3.05, 3.63) is 48.5 Å². The maximum Gasteiger partial charge on any atom is 0.142 e. The zero-order valence-corrected chi connectivity index (χ0v) is 11.0. The van der Waals surface area contributed by atoms with Gasteiger partial charge < -0.3 is 9.94 Å². The number of para-hydroxylation sites is 2. The predicted octanol–water partition coefficient (Wildman–Crippen LogP) is 2.82. The van der Waals surface area contributed by atoms with E-state index in [1.807, 2.05) is 36.4 Å². The van der Waals surface area contributed by atoms with Crippen LogP contribution >= 0.6 is 11.6 Å². The Hall–Kier alpha value is -1.71. The molecule has 0 fully saturated rings. The van der Waals surface area contributed by atoms with E-state index in [0.717, 1.165) is 21.8 Å². The van der Waals surface area contributed by atoms with E-state index in [4.69, 9.17) is 16.4 Å². The molecule has 0 spiro atoms. The third-order valence-corrected chi connectivity index (χ3v) is 3.47. The van der Waals surface area contributed by atoms with Crippen LogP contribution in [0.3, 0.4) is 0 Å². The van der Waals surface area contributed by atoms with Crippen LogP contribution in [0.4, 0.5) is 0 Å². The smallest absolute Gasteiger partial charge is 0.142 e. The molecular weight excluding hydrogens is 262 g/mol. The minimum atomic E-state index is -0.665. The van der Waals surface area contributed by atoms with E-state index in [-0.39, 0.29) is 12.5 Å². The van der Waals surface area contributed by atoms with Gasteiger partial charge in [0.1, 0.15) is 12.7 Å². The van der Waals surface area contributed by atoms with Crippen molar-refractivity contribution in [3.8, 4) is 0 Å². The first kappa shape index (κ1) is 12.3. The highest BCUT2D eigenvalue weighted by molar-refractivity contribution is 6.18. The lowest BCUT2D eigenvalue weighted by Crippen LogP contribution is -2.24. The molecule has 0 saturated heterocycles. The molecule has 98 valence electrons. The van der Waals surface area contributed by atoms with Crippen molar-refractivity contribution >= 4 is 33.4 Å². The third kappa shape index (κ3) is 2.15. The van der Waals surface area contributed by atoms with Gasteiger partial charge in [-0.25, -0.2) is 0 Å². The number of fused-ring (bicyclic) bond motifs is 3. The van der Waals surface area contributed by atoms with Crippen molar-refractivity contribution in [1.82, 2.24) is 4.73 Å². The van der Waals surface area contributed by atoms with Gasteiger partial charge in [0.05, 0.1) is 16.9 Å². The number of hydrogen-bond acceptors (Lipinski definition) is 2. The summed E-state index contributed by atoms with van der Waals surface area (Å²) in [6, 6.07) is 16.1. The number of benzene rings is 2. The van der Waals surface area contributed by atoms with E-state index in [2.05, 4.69) is 12.1 Å². The van der Waals surface area contributed by atoms with Crippen LogP contribution in [0.5, 0.6) is 0 Å². The SMILES string of the molecule is OC(CCl)COn1c2ccccc2c2ccccc21. The fourth-order valence-electron chi connectivity index (χ4n) is 2.23. The van der Waals surface area contributed by atoms with Gasteiger partial charge in [0, 0.05) is 10.8 Å². The molecule has 1 aromatic heterocycles. The van der Waals surface area contributed by atoms with Crippen molar-refractivity contribution in [2.24, 2.45) is 0 Å². The van der Waals surface area contributed by atoms with Crippen LogP contribution in [0.1, 0.15) is 0 Å². The normalized spacial score (nSPS) is 12.9. The largest absolute Gasteiger partial charge is 0.410 e. The molecular formula is C15H14ClNO2. The maximum atomic E-state index is 9.53. The first-order valence-corrected chi connectivity index (χ1v) is 6.70. The summed E-state index contributed by atoms with van der Waals surface area (Å²) in [5, 5.41) is 11.8. The van der Waals surface area contributed by atoms with Crippen molar-refractivity contribution < 1.29 is 9.94 Å². The molecule has 0 bridgehead atoms. The molecule has 3 rings (SSSR count). The Balaban J connectivity index is 2.14. The fourth-order valence-corrected chi connectivity index (χ4v) is 2.32. The van der Waals surface area contributed by atoms with Crippen LogP contribution in [0, 0.1) is 0 Å². The highest BCUT2D eigenvalue weighted by Gasteiger charge is 2.11. The van der Waals surface area contributed by atoms with Crippen LogP contribution in [-0.2, 0) is 0 Å². The monoisotopic (exact) mass is 275 g/mol. The highest BCUT2D eigenvalue weighted by Crippen LogP contribution is 2.27. The summed E-state index contributed by atoms with van der Waals surface area (Å²) in [7, 11) is 0. The molecule has 19 heavy (non-hydrogen) atoms. The number of aromatic nitrogens is 1. The molecule has 0 aliphatic rings. The Labute approximate surface area is 115 Å². The Bertz CT molecular complexity index is 654. The standard InChI is InChI=1S/C15H14ClNO2/c16-9-11(18)10-19-17-14-7-3-1-5-12(14)13-6-2-4-8-15(13)17/h1-8,11,18H,9-10H2. The van der Waals surface area contributed by atoms with Crippen LogP contribution < -0.4 is 4.84 Å². The minimum absolute atomic E-state index is 0.164. The summed E-state index contributed by atoms with van der Waals surface area (Å²) in [6.45, 7) is 0.173. The van der Waals surface area contributed by atoms with E-state index in [1.54, 1.807) is 4.73 Å². The molecule has 0 radical (unpaired) electrons. The molecule has 3 aromatic rings. The molecule has 1 heterocycles. The Morgan fingerprint density at radius 2 is 1.53 bits per heavy atom. The van der Waals surface area contributed by atoms with Gasteiger partial charge in [-0.3, -0.25) is 0 Å². The van der Waals surface area contributed by atoms with E-state index in [0.29, 0.717) is 0 Å². The van der Waals surface area contributed by atoms with Crippen LogP contribution in [-0.4, -0.2) is 28.4 Å². The number of alkyl halides is 1. The van der Waals surface area contributed by atoms with Gasteiger partial charge >= 0.3 is 0 Å².